The van der Waals surface area contributed by atoms with Crippen LogP contribution in [0.1, 0.15) is 23.2 Å². The number of ether oxygens (including phenoxy) is 1. The Morgan fingerprint density at radius 2 is 1.81 bits per heavy atom. The highest BCUT2D eigenvalue weighted by atomic mass is 16.5. The van der Waals surface area contributed by atoms with Crippen LogP contribution in [0.2, 0.25) is 0 Å². The Labute approximate surface area is 124 Å². The molecule has 2 amide bonds. The zero-order chi connectivity index (χ0) is 15.2. The summed E-state index contributed by atoms with van der Waals surface area (Å²) in [6, 6.07) is 6.61. The molecule has 1 heterocycles. The molecule has 1 aromatic carbocycles. The zero-order valence-electron chi connectivity index (χ0n) is 12.4. The lowest BCUT2D eigenvalue weighted by atomic mass is 10.1. The van der Waals surface area contributed by atoms with Crippen molar-refractivity contribution in [2.24, 2.45) is 0 Å². The van der Waals surface area contributed by atoms with E-state index in [4.69, 9.17) is 0 Å². The molecule has 0 aromatic heterocycles. The monoisotopic (exact) mass is 291 g/mol. The summed E-state index contributed by atoms with van der Waals surface area (Å²) in [6.45, 7) is 2.00. The van der Waals surface area contributed by atoms with E-state index in [1.807, 2.05) is 0 Å². The quantitative estimate of drug-likeness (QED) is 0.831. The van der Waals surface area contributed by atoms with Crippen molar-refractivity contribution in [2.45, 2.75) is 18.9 Å². The van der Waals surface area contributed by atoms with E-state index in [2.05, 4.69) is 27.3 Å². The first kappa shape index (κ1) is 15.3. The zero-order valence-corrected chi connectivity index (χ0v) is 12.4. The first-order valence-corrected chi connectivity index (χ1v) is 7.03. The third-order valence-corrected chi connectivity index (χ3v) is 3.62. The summed E-state index contributed by atoms with van der Waals surface area (Å²) >= 11 is 0. The number of hydrogen-bond acceptors (Lipinski definition) is 4. The Kier molecular flexibility index (Phi) is 5.16. The van der Waals surface area contributed by atoms with Gasteiger partial charge >= 0.3 is 12.0 Å². The molecule has 21 heavy (non-hydrogen) atoms. The van der Waals surface area contributed by atoms with Gasteiger partial charge in [-0.15, -0.1) is 0 Å². The number of urea groups is 1. The molecule has 0 bridgehead atoms. The van der Waals surface area contributed by atoms with Crippen molar-refractivity contribution in [3.8, 4) is 0 Å². The van der Waals surface area contributed by atoms with Gasteiger partial charge in [0.2, 0.25) is 0 Å². The van der Waals surface area contributed by atoms with Gasteiger partial charge in [0, 0.05) is 11.7 Å². The van der Waals surface area contributed by atoms with E-state index in [1.165, 1.54) is 7.11 Å². The van der Waals surface area contributed by atoms with Crippen LogP contribution in [0, 0.1) is 0 Å². The molecule has 1 aromatic rings. The fraction of sp³-hybridized carbons (Fsp3) is 0.467. The molecule has 2 N–H and O–H groups in total. The van der Waals surface area contributed by atoms with E-state index in [1.54, 1.807) is 24.3 Å². The van der Waals surface area contributed by atoms with Crippen molar-refractivity contribution in [1.29, 1.82) is 0 Å². The number of benzene rings is 1. The average molecular weight is 291 g/mol. The number of nitrogens with zero attached hydrogens (tertiary/aromatic N) is 1. The Balaban J connectivity index is 1.83. The molecule has 1 fully saturated rings. The fourth-order valence-corrected chi connectivity index (χ4v) is 2.31. The molecule has 114 valence electrons. The molecule has 0 radical (unpaired) electrons. The largest absolute Gasteiger partial charge is 0.465 e. The van der Waals surface area contributed by atoms with E-state index in [0.29, 0.717) is 11.3 Å². The Morgan fingerprint density at radius 1 is 1.19 bits per heavy atom. The van der Waals surface area contributed by atoms with Crippen LogP contribution in [0.3, 0.4) is 0 Å². The molecule has 6 nitrogen and oxygen atoms in total. The van der Waals surface area contributed by atoms with Gasteiger partial charge in [-0.2, -0.15) is 0 Å². The Hall–Kier alpha value is -2.08. The minimum Gasteiger partial charge on any atom is -0.465 e. The van der Waals surface area contributed by atoms with Crippen LogP contribution in [-0.2, 0) is 4.74 Å². The summed E-state index contributed by atoms with van der Waals surface area (Å²) in [5, 5.41) is 5.74. The number of likely N-dealkylation sites (tertiary alicyclic amines) is 1. The molecule has 0 saturated carbocycles. The number of carbonyl (C=O) groups is 2. The topological polar surface area (TPSA) is 70.7 Å². The van der Waals surface area contributed by atoms with Crippen molar-refractivity contribution < 1.29 is 14.3 Å². The molecule has 0 aliphatic carbocycles. The van der Waals surface area contributed by atoms with Crippen LogP contribution in [0.4, 0.5) is 10.5 Å². The normalized spacial score (nSPS) is 16.3. The van der Waals surface area contributed by atoms with Gasteiger partial charge in [0.25, 0.3) is 0 Å². The van der Waals surface area contributed by atoms with E-state index in [-0.39, 0.29) is 12.1 Å². The summed E-state index contributed by atoms with van der Waals surface area (Å²) in [5.41, 5.74) is 1.10. The van der Waals surface area contributed by atoms with Crippen molar-refractivity contribution in [3.05, 3.63) is 29.8 Å². The average Bonchev–Trinajstić information content (AvgIpc) is 2.49. The van der Waals surface area contributed by atoms with Gasteiger partial charge in [0.1, 0.15) is 0 Å². The Bertz CT molecular complexity index is 493. The number of piperidine rings is 1. The first-order valence-electron chi connectivity index (χ1n) is 7.03. The smallest absolute Gasteiger partial charge is 0.337 e. The van der Waals surface area contributed by atoms with Crippen LogP contribution in [0.5, 0.6) is 0 Å². The molecule has 0 spiro atoms. The molecule has 0 unspecified atom stereocenters. The molecule has 1 aliphatic rings. The standard InChI is InChI=1S/C15H21N3O3/c1-18-9-7-13(8-10-18)17-15(20)16-12-5-3-11(4-6-12)14(19)21-2/h3-6,13H,7-10H2,1-2H3,(H2,16,17,20). The number of rotatable bonds is 3. The van der Waals surface area contributed by atoms with Gasteiger partial charge in [0.05, 0.1) is 12.7 Å². The minimum absolute atomic E-state index is 0.213. The number of esters is 1. The maximum Gasteiger partial charge on any atom is 0.337 e. The molecule has 2 rings (SSSR count). The van der Waals surface area contributed by atoms with Crippen LogP contribution < -0.4 is 10.6 Å². The predicted octanol–water partition coefficient (Wildman–Crippen LogP) is 1.69. The lowest BCUT2D eigenvalue weighted by molar-refractivity contribution is 0.0601. The van der Waals surface area contributed by atoms with Crippen LogP contribution in [-0.4, -0.2) is 50.2 Å². The molecule has 0 atom stereocenters. The van der Waals surface area contributed by atoms with Crippen molar-refractivity contribution in [1.82, 2.24) is 10.2 Å². The second kappa shape index (κ2) is 7.08. The van der Waals surface area contributed by atoms with Crippen LogP contribution in [0.15, 0.2) is 24.3 Å². The van der Waals surface area contributed by atoms with Gasteiger partial charge in [-0.05, 0) is 57.2 Å². The summed E-state index contributed by atoms with van der Waals surface area (Å²) in [7, 11) is 3.42. The third kappa shape index (κ3) is 4.46. The molecular formula is C15H21N3O3. The van der Waals surface area contributed by atoms with E-state index in [9.17, 15) is 9.59 Å². The van der Waals surface area contributed by atoms with E-state index >= 15 is 0 Å². The summed E-state index contributed by atoms with van der Waals surface area (Å²) in [5.74, 6) is -0.391. The molecule has 1 saturated heterocycles. The lowest BCUT2D eigenvalue weighted by Crippen LogP contribution is -2.44. The van der Waals surface area contributed by atoms with Crippen molar-refractivity contribution >= 4 is 17.7 Å². The SMILES string of the molecule is COC(=O)c1ccc(NC(=O)NC2CCN(C)CC2)cc1. The highest BCUT2D eigenvalue weighted by Gasteiger charge is 2.18. The van der Waals surface area contributed by atoms with Gasteiger partial charge < -0.3 is 20.3 Å². The highest BCUT2D eigenvalue weighted by Crippen LogP contribution is 2.12. The maximum atomic E-state index is 11.9. The number of anilines is 1. The number of amides is 2. The number of nitrogens with one attached hydrogen (secondary N) is 2. The van der Waals surface area contributed by atoms with Gasteiger partial charge in [-0.25, -0.2) is 9.59 Å². The second-order valence-corrected chi connectivity index (χ2v) is 5.24. The highest BCUT2D eigenvalue weighted by molar-refractivity contribution is 5.92. The first-order chi connectivity index (χ1) is 10.1. The number of carbonyl (C=O) groups excluding carboxylic acids is 2. The maximum absolute atomic E-state index is 11.9. The summed E-state index contributed by atoms with van der Waals surface area (Å²) in [4.78, 5) is 25.5. The molecule has 6 heteroatoms. The van der Waals surface area contributed by atoms with Gasteiger partial charge in [-0.1, -0.05) is 0 Å². The fourth-order valence-electron chi connectivity index (χ4n) is 2.31. The van der Waals surface area contributed by atoms with Crippen LogP contribution >= 0.6 is 0 Å². The van der Waals surface area contributed by atoms with Crippen molar-refractivity contribution in [3.63, 3.8) is 0 Å². The summed E-state index contributed by atoms with van der Waals surface area (Å²) < 4.78 is 4.62. The predicted molar refractivity (Wildman–Crippen MR) is 80.5 cm³/mol. The summed E-state index contributed by atoms with van der Waals surface area (Å²) in [6.07, 6.45) is 1.93. The molecular weight excluding hydrogens is 270 g/mol. The van der Waals surface area contributed by atoms with E-state index < -0.39 is 5.97 Å². The Morgan fingerprint density at radius 3 is 2.38 bits per heavy atom. The third-order valence-electron chi connectivity index (χ3n) is 3.62. The lowest BCUT2D eigenvalue weighted by Gasteiger charge is -2.29. The second-order valence-electron chi connectivity index (χ2n) is 5.24. The van der Waals surface area contributed by atoms with Crippen LogP contribution in [0.25, 0.3) is 0 Å². The van der Waals surface area contributed by atoms with Gasteiger partial charge in [-0.3, -0.25) is 0 Å². The minimum atomic E-state index is -0.391. The number of methoxy groups -OCH3 is 1. The van der Waals surface area contributed by atoms with Gasteiger partial charge in [0.15, 0.2) is 0 Å². The number of hydrogen-bond donors (Lipinski definition) is 2. The molecule has 1 aliphatic heterocycles. The van der Waals surface area contributed by atoms with Crippen molar-refractivity contribution in [2.75, 3.05) is 32.6 Å². The van der Waals surface area contributed by atoms with E-state index in [0.717, 1.165) is 25.9 Å².